The van der Waals surface area contributed by atoms with Gasteiger partial charge in [-0.2, -0.15) is 0 Å². The van der Waals surface area contributed by atoms with Crippen LogP contribution in [0.2, 0.25) is 0 Å². The van der Waals surface area contributed by atoms with Crippen molar-refractivity contribution in [3.8, 4) is 0 Å². The van der Waals surface area contributed by atoms with Gasteiger partial charge in [-0.1, -0.05) is 11.6 Å². The summed E-state index contributed by atoms with van der Waals surface area (Å²) in [4.78, 5) is 35.7. The lowest BCUT2D eigenvalue weighted by atomic mass is 10.1. The van der Waals surface area contributed by atoms with Crippen LogP contribution in [0.5, 0.6) is 0 Å². The number of Topliss-reactive ketones (excluding diaryl/α,β-unsaturated/α-hetero) is 1. The number of rotatable bonds is 2. The molecule has 0 N–H and O–H groups in total. The molecule has 0 bridgehead atoms. The van der Waals surface area contributed by atoms with E-state index in [0.717, 1.165) is 10.5 Å². The molecule has 0 aliphatic carbocycles. The molecule has 0 spiro atoms. The van der Waals surface area contributed by atoms with Gasteiger partial charge < -0.3 is 4.74 Å². The fourth-order valence-electron chi connectivity index (χ4n) is 1.76. The molecular formula is C12H11NO4. The number of carbonyl (C=O) groups is 3. The zero-order valence-corrected chi connectivity index (χ0v) is 9.52. The van der Waals surface area contributed by atoms with Crippen LogP contribution < -0.4 is 4.90 Å². The molecule has 1 aromatic rings. The number of fused-ring (bicyclic) bond motifs is 1. The summed E-state index contributed by atoms with van der Waals surface area (Å²) in [6.45, 7) is 1.60. The van der Waals surface area contributed by atoms with Gasteiger partial charge in [0, 0.05) is 0 Å². The molecule has 1 aliphatic rings. The first-order valence-electron chi connectivity index (χ1n) is 5.08. The molecule has 1 aliphatic heterocycles. The lowest BCUT2D eigenvalue weighted by Crippen LogP contribution is -2.35. The zero-order chi connectivity index (χ0) is 12.6. The lowest BCUT2D eigenvalue weighted by Gasteiger charge is -2.14. The van der Waals surface area contributed by atoms with Gasteiger partial charge in [-0.05, 0) is 19.1 Å². The van der Waals surface area contributed by atoms with Crippen LogP contribution in [-0.4, -0.2) is 31.3 Å². The van der Waals surface area contributed by atoms with Crippen LogP contribution in [0.4, 0.5) is 5.69 Å². The van der Waals surface area contributed by atoms with Crippen molar-refractivity contribution < 1.29 is 19.1 Å². The highest BCUT2D eigenvalue weighted by Crippen LogP contribution is 2.29. The van der Waals surface area contributed by atoms with Gasteiger partial charge in [0.1, 0.15) is 6.54 Å². The molecule has 0 atom stereocenters. The van der Waals surface area contributed by atoms with Crippen LogP contribution in [0.25, 0.3) is 0 Å². The van der Waals surface area contributed by atoms with Crippen molar-refractivity contribution in [2.75, 3.05) is 18.6 Å². The molecule has 17 heavy (non-hydrogen) atoms. The second-order valence-corrected chi connectivity index (χ2v) is 3.82. The summed E-state index contributed by atoms with van der Waals surface area (Å²) in [5, 5.41) is 0. The standard InChI is InChI=1S/C12H11NO4/c1-7-3-4-9-8(5-7)11(15)12(16)13(9)6-10(14)17-2/h3-5H,6H2,1-2H3. The van der Waals surface area contributed by atoms with E-state index in [1.807, 2.05) is 6.92 Å². The monoisotopic (exact) mass is 233 g/mol. The SMILES string of the molecule is COC(=O)CN1C(=O)C(=O)c2cc(C)ccc21. The fraction of sp³-hybridized carbons (Fsp3) is 0.250. The number of anilines is 1. The molecule has 0 aromatic heterocycles. The number of esters is 1. The topological polar surface area (TPSA) is 63.7 Å². The summed E-state index contributed by atoms with van der Waals surface area (Å²) >= 11 is 0. The maximum absolute atomic E-state index is 11.7. The van der Waals surface area contributed by atoms with E-state index in [0.29, 0.717) is 11.3 Å². The van der Waals surface area contributed by atoms with Gasteiger partial charge in [-0.25, -0.2) is 0 Å². The zero-order valence-electron chi connectivity index (χ0n) is 9.52. The molecule has 0 saturated heterocycles. The normalized spacial score (nSPS) is 13.9. The predicted octanol–water partition coefficient (Wildman–Crippen LogP) is 0.697. The minimum absolute atomic E-state index is 0.239. The van der Waals surface area contributed by atoms with Gasteiger partial charge in [-0.15, -0.1) is 0 Å². The number of methoxy groups -OCH3 is 1. The quantitative estimate of drug-likeness (QED) is 0.557. The maximum Gasteiger partial charge on any atom is 0.325 e. The van der Waals surface area contributed by atoms with Crippen LogP contribution in [-0.2, 0) is 14.3 Å². The highest BCUT2D eigenvalue weighted by molar-refractivity contribution is 6.52. The second-order valence-electron chi connectivity index (χ2n) is 3.82. The smallest absolute Gasteiger partial charge is 0.325 e. The van der Waals surface area contributed by atoms with Crippen LogP contribution in [0.3, 0.4) is 0 Å². The number of hydrogen-bond acceptors (Lipinski definition) is 4. The molecule has 0 radical (unpaired) electrons. The van der Waals surface area contributed by atoms with Crippen molar-refractivity contribution in [2.24, 2.45) is 0 Å². The van der Waals surface area contributed by atoms with Crippen LogP contribution in [0.15, 0.2) is 18.2 Å². The average Bonchev–Trinajstić information content (AvgIpc) is 2.54. The van der Waals surface area contributed by atoms with Crippen molar-refractivity contribution in [1.82, 2.24) is 0 Å². The highest BCUT2D eigenvalue weighted by Gasteiger charge is 2.36. The Hall–Kier alpha value is -2.17. The van der Waals surface area contributed by atoms with E-state index in [4.69, 9.17) is 0 Å². The largest absolute Gasteiger partial charge is 0.468 e. The third kappa shape index (κ3) is 1.80. The lowest BCUT2D eigenvalue weighted by molar-refractivity contribution is -0.139. The molecule has 0 unspecified atom stereocenters. The van der Waals surface area contributed by atoms with Crippen molar-refractivity contribution in [3.63, 3.8) is 0 Å². The molecule has 1 heterocycles. The van der Waals surface area contributed by atoms with E-state index in [-0.39, 0.29) is 6.54 Å². The van der Waals surface area contributed by atoms with Crippen molar-refractivity contribution in [2.45, 2.75) is 6.92 Å². The second kappa shape index (κ2) is 4.01. The molecule has 5 nitrogen and oxygen atoms in total. The van der Waals surface area contributed by atoms with E-state index in [1.165, 1.54) is 7.11 Å². The summed E-state index contributed by atoms with van der Waals surface area (Å²) in [6.07, 6.45) is 0. The Morgan fingerprint density at radius 3 is 2.71 bits per heavy atom. The van der Waals surface area contributed by atoms with Crippen LogP contribution in [0.1, 0.15) is 15.9 Å². The van der Waals surface area contributed by atoms with Crippen molar-refractivity contribution in [1.29, 1.82) is 0 Å². The summed E-state index contributed by atoms with van der Waals surface area (Å²) in [5.41, 5.74) is 1.71. The van der Waals surface area contributed by atoms with E-state index < -0.39 is 17.7 Å². The first kappa shape index (κ1) is 11.3. The minimum Gasteiger partial charge on any atom is -0.468 e. The molecule has 0 fully saturated rings. The summed E-state index contributed by atoms with van der Waals surface area (Å²) in [6, 6.07) is 5.10. The Morgan fingerprint density at radius 2 is 2.06 bits per heavy atom. The fourth-order valence-corrected chi connectivity index (χ4v) is 1.76. The van der Waals surface area contributed by atoms with Gasteiger partial charge in [0.05, 0.1) is 18.4 Å². The third-order valence-electron chi connectivity index (χ3n) is 2.64. The Morgan fingerprint density at radius 1 is 1.35 bits per heavy atom. The molecule has 5 heteroatoms. The Bertz CT molecular complexity index is 521. The van der Waals surface area contributed by atoms with Crippen LogP contribution >= 0.6 is 0 Å². The summed E-state index contributed by atoms with van der Waals surface area (Å²) in [7, 11) is 1.24. The number of amides is 1. The number of hydrogen-bond donors (Lipinski definition) is 0. The molecule has 1 aromatic carbocycles. The molecule has 0 saturated carbocycles. The van der Waals surface area contributed by atoms with E-state index >= 15 is 0 Å². The number of aryl methyl sites for hydroxylation is 1. The Balaban J connectivity index is 2.41. The highest BCUT2D eigenvalue weighted by atomic mass is 16.5. The molecular weight excluding hydrogens is 222 g/mol. The first-order valence-corrected chi connectivity index (χ1v) is 5.08. The van der Waals surface area contributed by atoms with E-state index in [9.17, 15) is 14.4 Å². The number of carbonyl (C=O) groups excluding carboxylic acids is 3. The Kier molecular flexibility index (Phi) is 2.67. The Labute approximate surface area is 98.0 Å². The third-order valence-corrected chi connectivity index (χ3v) is 2.64. The average molecular weight is 233 g/mol. The van der Waals surface area contributed by atoms with E-state index in [2.05, 4.69) is 4.74 Å². The van der Waals surface area contributed by atoms with Gasteiger partial charge in [-0.3, -0.25) is 19.3 Å². The molecule has 88 valence electrons. The summed E-state index contributed by atoms with van der Waals surface area (Å²) < 4.78 is 4.49. The van der Waals surface area contributed by atoms with Gasteiger partial charge in [0.2, 0.25) is 0 Å². The number of ether oxygens (including phenoxy) is 1. The number of nitrogens with zero attached hydrogens (tertiary/aromatic N) is 1. The maximum atomic E-state index is 11.7. The predicted molar refractivity (Wildman–Crippen MR) is 59.9 cm³/mol. The first-order chi connectivity index (χ1) is 8.04. The number of benzene rings is 1. The summed E-state index contributed by atoms with van der Waals surface area (Å²) in [5.74, 6) is -1.82. The minimum atomic E-state index is -0.684. The molecule has 1 amide bonds. The van der Waals surface area contributed by atoms with E-state index in [1.54, 1.807) is 18.2 Å². The number of ketones is 1. The van der Waals surface area contributed by atoms with Crippen molar-refractivity contribution >= 4 is 23.3 Å². The van der Waals surface area contributed by atoms with Gasteiger partial charge >= 0.3 is 5.97 Å². The van der Waals surface area contributed by atoms with Crippen LogP contribution in [0, 0.1) is 6.92 Å². The van der Waals surface area contributed by atoms with Gasteiger partial charge in [0.25, 0.3) is 11.7 Å². The molecule has 2 rings (SSSR count). The van der Waals surface area contributed by atoms with Gasteiger partial charge in [0.15, 0.2) is 0 Å². The van der Waals surface area contributed by atoms with Crippen molar-refractivity contribution in [3.05, 3.63) is 29.3 Å².